The van der Waals surface area contributed by atoms with Gasteiger partial charge in [0.1, 0.15) is 0 Å². The lowest BCUT2D eigenvalue weighted by Crippen LogP contribution is -2.46. The third-order valence-corrected chi connectivity index (χ3v) is 5.20. The minimum absolute atomic E-state index is 0.248. The van der Waals surface area contributed by atoms with E-state index in [4.69, 9.17) is 0 Å². The largest absolute Gasteiger partial charge is 0.480 e. The van der Waals surface area contributed by atoms with Crippen LogP contribution in [0.3, 0.4) is 0 Å². The molecule has 0 aliphatic carbocycles. The summed E-state index contributed by atoms with van der Waals surface area (Å²) in [6, 6.07) is 0. The van der Waals surface area contributed by atoms with Gasteiger partial charge in [0.15, 0.2) is 5.41 Å². The van der Waals surface area contributed by atoms with Crippen molar-refractivity contribution in [2.45, 2.75) is 104 Å². The third-order valence-electron chi connectivity index (χ3n) is 5.20. The van der Waals surface area contributed by atoms with Crippen LogP contribution in [-0.4, -0.2) is 22.2 Å². The topological polar surface area (TPSA) is 74.6 Å². The van der Waals surface area contributed by atoms with Gasteiger partial charge in [0.2, 0.25) is 0 Å². The van der Waals surface area contributed by atoms with Crippen LogP contribution in [0.5, 0.6) is 0 Å². The van der Waals surface area contributed by atoms with Crippen molar-refractivity contribution in [3.63, 3.8) is 0 Å². The summed E-state index contributed by atoms with van der Waals surface area (Å²) in [6.07, 6.45) is 11.8. The van der Waals surface area contributed by atoms with E-state index in [0.29, 0.717) is 19.3 Å². The number of carboxylic acids is 2. The summed E-state index contributed by atoms with van der Waals surface area (Å²) in [6.45, 7) is 6.23. The lowest BCUT2D eigenvalue weighted by Gasteiger charge is -2.34. The average Bonchev–Trinajstić information content (AvgIpc) is 2.54. The van der Waals surface area contributed by atoms with Crippen LogP contribution < -0.4 is 0 Å². The lowest BCUT2D eigenvalue weighted by molar-refractivity contribution is -0.171. The van der Waals surface area contributed by atoms with E-state index >= 15 is 0 Å². The molecule has 142 valence electrons. The molecule has 4 heteroatoms. The molecule has 0 aromatic carbocycles. The summed E-state index contributed by atoms with van der Waals surface area (Å²) >= 11 is 0. The second-order valence-corrected chi connectivity index (χ2v) is 7.08. The van der Waals surface area contributed by atoms with Gasteiger partial charge in [-0.25, -0.2) is 0 Å². The smallest absolute Gasteiger partial charge is 0.321 e. The highest BCUT2D eigenvalue weighted by molar-refractivity contribution is 5.98. The van der Waals surface area contributed by atoms with E-state index in [2.05, 4.69) is 13.8 Å². The fraction of sp³-hybridized carbons (Fsp3) is 0.900. The van der Waals surface area contributed by atoms with Gasteiger partial charge in [-0.3, -0.25) is 9.59 Å². The van der Waals surface area contributed by atoms with Crippen molar-refractivity contribution in [3.8, 4) is 0 Å². The third kappa shape index (κ3) is 7.23. The van der Waals surface area contributed by atoms with Crippen molar-refractivity contribution >= 4 is 11.9 Å². The Morgan fingerprint density at radius 2 is 1.17 bits per heavy atom. The van der Waals surface area contributed by atoms with Crippen LogP contribution in [-0.2, 0) is 9.59 Å². The molecule has 0 aromatic heterocycles. The number of hydrogen-bond acceptors (Lipinski definition) is 2. The van der Waals surface area contributed by atoms with Crippen LogP contribution in [0.4, 0.5) is 0 Å². The number of unbranched alkanes of at least 4 members (excludes halogenated alkanes) is 7. The SMILES string of the molecule is CCCCCCCCC(CCCC)C(CCCC)(C(=O)O)C(=O)O. The summed E-state index contributed by atoms with van der Waals surface area (Å²) in [4.78, 5) is 23.9. The minimum Gasteiger partial charge on any atom is -0.480 e. The Morgan fingerprint density at radius 3 is 1.67 bits per heavy atom. The van der Waals surface area contributed by atoms with Crippen LogP contribution in [0.15, 0.2) is 0 Å². The predicted molar refractivity (Wildman–Crippen MR) is 98.2 cm³/mol. The Morgan fingerprint density at radius 1 is 0.708 bits per heavy atom. The van der Waals surface area contributed by atoms with Gasteiger partial charge in [-0.1, -0.05) is 85.0 Å². The lowest BCUT2D eigenvalue weighted by atomic mass is 9.68. The van der Waals surface area contributed by atoms with Gasteiger partial charge in [0.05, 0.1) is 0 Å². The molecule has 0 aromatic rings. The Bertz CT molecular complexity index is 338. The molecule has 24 heavy (non-hydrogen) atoms. The van der Waals surface area contributed by atoms with E-state index in [-0.39, 0.29) is 12.3 Å². The maximum Gasteiger partial charge on any atom is 0.321 e. The van der Waals surface area contributed by atoms with Gasteiger partial charge in [0.25, 0.3) is 0 Å². The molecule has 0 radical (unpaired) electrons. The van der Waals surface area contributed by atoms with E-state index in [0.717, 1.165) is 38.5 Å². The Balaban J connectivity index is 5.00. The molecule has 4 nitrogen and oxygen atoms in total. The molecule has 0 saturated carbocycles. The van der Waals surface area contributed by atoms with Gasteiger partial charge < -0.3 is 10.2 Å². The highest BCUT2D eigenvalue weighted by Gasteiger charge is 2.51. The van der Waals surface area contributed by atoms with Crippen molar-refractivity contribution in [2.75, 3.05) is 0 Å². The van der Waals surface area contributed by atoms with Crippen LogP contribution in [0, 0.1) is 11.3 Å². The molecule has 2 N–H and O–H groups in total. The first kappa shape index (κ1) is 22.9. The molecular weight excluding hydrogens is 304 g/mol. The van der Waals surface area contributed by atoms with Gasteiger partial charge >= 0.3 is 11.9 Å². The van der Waals surface area contributed by atoms with E-state index in [9.17, 15) is 19.8 Å². The van der Waals surface area contributed by atoms with Crippen molar-refractivity contribution in [1.29, 1.82) is 0 Å². The van der Waals surface area contributed by atoms with Crippen molar-refractivity contribution in [1.82, 2.24) is 0 Å². The standard InChI is InChI=1S/C20H38O4/c1-4-7-10-11-12-13-15-17(14-8-5-2)20(18(21)22,19(23)24)16-9-6-3/h17H,4-16H2,1-3H3,(H,21,22)(H,23,24). The van der Waals surface area contributed by atoms with Gasteiger partial charge in [-0.15, -0.1) is 0 Å². The molecule has 0 bridgehead atoms. The number of carboxylic acid groups (broad SMARTS) is 2. The summed E-state index contributed by atoms with van der Waals surface area (Å²) < 4.78 is 0. The molecule has 0 aliphatic heterocycles. The van der Waals surface area contributed by atoms with Crippen LogP contribution in [0.25, 0.3) is 0 Å². The first-order valence-electron chi connectivity index (χ1n) is 9.94. The molecule has 0 rings (SSSR count). The number of carbonyl (C=O) groups is 2. The van der Waals surface area contributed by atoms with E-state index in [1.807, 2.05) is 6.92 Å². The van der Waals surface area contributed by atoms with Crippen molar-refractivity contribution in [3.05, 3.63) is 0 Å². The summed E-state index contributed by atoms with van der Waals surface area (Å²) in [7, 11) is 0. The molecule has 1 atom stereocenters. The highest BCUT2D eigenvalue weighted by atomic mass is 16.4. The van der Waals surface area contributed by atoms with Gasteiger partial charge in [-0.2, -0.15) is 0 Å². The van der Waals surface area contributed by atoms with Crippen molar-refractivity contribution < 1.29 is 19.8 Å². The predicted octanol–water partition coefficient (Wildman–Crippen LogP) is 5.89. The van der Waals surface area contributed by atoms with E-state index in [1.165, 1.54) is 19.3 Å². The molecular formula is C20H38O4. The average molecular weight is 343 g/mol. The first-order valence-corrected chi connectivity index (χ1v) is 9.94. The van der Waals surface area contributed by atoms with Gasteiger partial charge in [0, 0.05) is 0 Å². The molecule has 0 amide bonds. The monoisotopic (exact) mass is 342 g/mol. The Labute approximate surface area is 148 Å². The number of hydrogen-bond donors (Lipinski definition) is 2. The van der Waals surface area contributed by atoms with Crippen LogP contribution in [0.1, 0.15) is 104 Å². The summed E-state index contributed by atoms with van der Waals surface area (Å²) in [5.41, 5.74) is -1.60. The fourth-order valence-electron chi connectivity index (χ4n) is 3.57. The quantitative estimate of drug-likeness (QED) is 0.271. The maximum absolute atomic E-state index is 12.0. The van der Waals surface area contributed by atoms with Crippen LogP contribution >= 0.6 is 0 Å². The van der Waals surface area contributed by atoms with Gasteiger partial charge in [-0.05, 0) is 25.2 Å². The zero-order valence-corrected chi connectivity index (χ0v) is 16.0. The molecule has 1 unspecified atom stereocenters. The number of aliphatic carboxylic acids is 2. The number of rotatable bonds is 16. The minimum atomic E-state index is -1.60. The molecule has 0 fully saturated rings. The Hall–Kier alpha value is -1.06. The van der Waals surface area contributed by atoms with Crippen LogP contribution in [0.2, 0.25) is 0 Å². The second kappa shape index (κ2) is 13.3. The Kier molecular flexibility index (Phi) is 12.7. The van der Waals surface area contributed by atoms with E-state index < -0.39 is 17.4 Å². The summed E-state index contributed by atoms with van der Waals surface area (Å²) in [5.74, 6) is -2.55. The zero-order valence-electron chi connectivity index (χ0n) is 16.0. The maximum atomic E-state index is 12.0. The molecule has 0 heterocycles. The second-order valence-electron chi connectivity index (χ2n) is 7.08. The normalized spacial score (nSPS) is 13.0. The molecule has 0 spiro atoms. The van der Waals surface area contributed by atoms with E-state index in [1.54, 1.807) is 0 Å². The molecule has 0 saturated heterocycles. The highest BCUT2D eigenvalue weighted by Crippen LogP contribution is 2.41. The fourth-order valence-corrected chi connectivity index (χ4v) is 3.57. The van der Waals surface area contributed by atoms with Crippen molar-refractivity contribution in [2.24, 2.45) is 11.3 Å². The molecule has 0 aliphatic rings. The summed E-state index contributed by atoms with van der Waals surface area (Å²) in [5, 5.41) is 19.6. The zero-order chi connectivity index (χ0) is 18.4. The first-order chi connectivity index (χ1) is 11.5.